The molecule has 132 valence electrons. The summed E-state index contributed by atoms with van der Waals surface area (Å²) in [6, 6.07) is 10.7. The van der Waals surface area contributed by atoms with E-state index in [2.05, 4.69) is 5.16 Å². The minimum Gasteiger partial charge on any atom is -0.455 e. The van der Waals surface area contributed by atoms with E-state index in [4.69, 9.17) is 18.7 Å². The third-order valence-electron chi connectivity index (χ3n) is 4.08. The number of ether oxygens (including phenoxy) is 3. The van der Waals surface area contributed by atoms with E-state index in [1.165, 1.54) is 12.1 Å². The van der Waals surface area contributed by atoms with Crippen LogP contribution in [-0.2, 0) is 11.3 Å². The summed E-state index contributed by atoms with van der Waals surface area (Å²) in [5.41, 5.74) is 2.28. The molecule has 1 aliphatic heterocycles. The van der Waals surface area contributed by atoms with Gasteiger partial charge in [-0.05, 0) is 49.4 Å². The predicted molar refractivity (Wildman–Crippen MR) is 88.3 cm³/mol. The molecule has 7 heteroatoms. The van der Waals surface area contributed by atoms with Crippen molar-refractivity contribution in [2.75, 3.05) is 6.79 Å². The van der Waals surface area contributed by atoms with Crippen molar-refractivity contribution < 1.29 is 27.9 Å². The average molecular weight is 355 g/mol. The van der Waals surface area contributed by atoms with Gasteiger partial charge in [0.2, 0.25) is 6.79 Å². The number of rotatable bonds is 4. The van der Waals surface area contributed by atoms with Gasteiger partial charge in [-0.1, -0.05) is 5.16 Å². The van der Waals surface area contributed by atoms with Crippen LogP contribution in [0.3, 0.4) is 0 Å². The Hall–Kier alpha value is -3.35. The minimum absolute atomic E-state index is 0.0379. The molecule has 0 amide bonds. The molecule has 6 nitrogen and oxygen atoms in total. The number of hydrogen-bond donors (Lipinski definition) is 0. The predicted octanol–water partition coefficient (Wildman–Crippen LogP) is 3.87. The zero-order valence-electron chi connectivity index (χ0n) is 13.8. The van der Waals surface area contributed by atoms with Crippen LogP contribution < -0.4 is 9.47 Å². The number of carbonyl (C=O) groups is 1. The fourth-order valence-corrected chi connectivity index (χ4v) is 2.61. The van der Waals surface area contributed by atoms with Gasteiger partial charge in [-0.25, -0.2) is 9.18 Å². The first kappa shape index (κ1) is 16.1. The fourth-order valence-electron chi connectivity index (χ4n) is 2.61. The van der Waals surface area contributed by atoms with Gasteiger partial charge in [-0.3, -0.25) is 0 Å². The van der Waals surface area contributed by atoms with Gasteiger partial charge in [0.15, 0.2) is 17.3 Å². The molecule has 0 saturated carbocycles. The van der Waals surface area contributed by atoms with Crippen molar-refractivity contribution >= 4 is 5.97 Å². The number of benzene rings is 2. The molecule has 26 heavy (non-hydrogen) atoms. The zero-order chi connectivity index (χ0) is 18.1. The molecule has 0 N–H and O–H groups in total. The highest BCUT2D eigenvalue weighted by Gasteiger charge is 2.19. The lowest BCUT2D eigenvalue weighted by Crippen LogP contribution is -2.06. The molecule has 0 aliphatic carbocycles. The summed E-state index contributed by atoms with van der Waals surface area (Å²) < 4.78 is 34.1. The lowest BCUT2D eigenvalue weighted by Gasteiger charge is -2.04. The Balaban J connectivity index is 1.46. The van der Waals surface area contributed by atoms with Gasteiger partial charge in [-0.15, -0.1) is 0 Å². The standard InChI is InChI=1S/C19H14FNO5/c1-11-15(21-26-18(11)12-2-5-14(20)6-3-12)9-23-19(22)13-4-7-16-17(8-13)25-10-24-16/h2-8H,9-10H2,1H3. The van der Waals surface area contributed by atoms with Crippen LogP contribution in [0, 0.1) is 12.7 Å². The smallest absolute Gasteiger partial charge is 0.338 e. The molecule has 0 saturated heterocycles. The normalized spacial score (nSPS) is 12.2. The van der Waals surface area contributed by atoms with E-state index < -0.39 is 5.97 Å². The average Bonchev–Trinajstić information content (AvgIpc) is 3.26. The van der Waals surface area contributed by atoms with Crippen molar-refractivity contribution in [2.45, 2.75) is 13.5 Å². The number of nitrogens with zero attached hydrogens (tertiary/aromatic N) is 1. The second-order valence-corrected chi connectivity index (χ2v) is 5.73. The van der Waals surface area contributed by atoms with E-state index in [9.17, 15) is 9.18 Å². The molecule has 0 spiro atoms. The number of fused-ring (bicyclic) bond motifs is 1. The molecular formula is C19H14FNO5. The van der Waals surface area contributed by atoms with Crippen molar-refractivity contribution in [2.24, 2.45) is 0 Å². The van der Waals surface area contributed by atoms with Crippen molar-refractivity contribution in [3.63, 3.8) is 0 Å². The molecule has 1 aliphatic rings. The maximum absolute atomic E-state index is 13.0. The Kier molecular flexibility index (Phi) is 4.04. The van der Waals surface area contributed by atoms with Crippen LogP contribution >= 0.6 is 0 Å². The second-order valence-electron chi connectivity index (χ2n) is 5.73. The molecule has 1 aromatic heterocycles. The quantitative estimate of drug-likeness (QED) is 0.662. The van der Waals surface area contributed by atoms with Crippen LogP contribution in [0.2, 0.25) is 0 Å². The first-order valence-corrected chi connectivity index (χ1v) is 7.89. The molecule has 2 aromatic carbocycles. The van der Waals surface area contributed by atoms with Crippen LogP contribution in [0.4, 0.5) is 4.39 Å². The maximum atomic E-state index is 13.0. The van der Waals surface area contributed by atoms with Gasteiger partial charge in [-0.2, -0.15) is 0 Å². The van der Waals surface area contributed by atoms with Gasteiger partial charge in [0.05, 0.1) is 5.56 Å². The Labute approximate surface area is 148 Å². The Morgan fingerprint density at radius 2 is 1.92 bits per heavy atom. The van der Waals surface area contributed by atoms with E-state index >= 15 is 0 Å². The van der Waals surface area contributed by atoms with E-state index in [0.29, 0.717) is 34.1 Å². The number of halogens is 1. The molecule has 0 fully saturated rings. The Bertz CT molecular complexity index is 965. The molecule has 4 rings (SSSR count). The van der Waals surface area contributed by atoms with Gasteiger partial charge in [0, 0.05) is 11.1 Å². The summed E-state index contributed by atoms with van der Waals surface area (Å²) in [5, 5.41) is 3.95. The highest BCUT2D eigenvalue weighted by molar-refractivity contribution is 5.90. The SMILES string of the molecule is Cc1c(COC(=O)c2ccc3c(c2)OCO3)noc1-c1ccc(F)cc1. The fraction of sp³-hybridized carbons (Fsp3) is 0.158. The lowest BCUT2D eigenvalue weighted by molar-refractivity contribution is 0.0463. The van der Waals surface area contributed by atoms with Crippen LogP contribution in [0.15, 0.2) is 47.0 Å². The molecule has 0 bridgehead atoms. The summed E-state index contributed by atoms with van der Waals surface area (Å²) >= 11 is 0. The van der Waals surface area contributed by atoms with Crippen molar-refractivity contribution in [1.29, 1.82) is 0 Å². The molecule has 0 radical (unpaired) electrons. The maximum Gasteiger partial charge on any atom is 0.338 e. The van der Waals surface area contributed by atoms with Gasteiger partial charge >= 0.3 is 5.97 Å². The van der Waals surface area contributed by atoms with Crippen LogP contribution in [0.1, 0.15) is 21.6 Å². The number of carbonyl (C=O) groups excluding carboxylic acids is 1. The second kappa shape index (κ2) is 6.51. The first-order chi connectivity index (χ1) is 12.6. The van der Waals surface area contributed by atoms with Crippen LogP contribution in [0.25, 0.3) is 11.3 Å². The van der Waals surface area contributed by atoms with Crippen molar-refractivity contribution in [1.82, 2.24) is 5.16 Å². The summed E-state index contributed by atoms with van der Waals surface area (Å²) in [5.74, 6) is 0.783. The van der Waals surface area contributed by atoms with Gasteiger partial charge in [0.1, 0.15) is 18.1 Å². The largest absolute Gasteiger partial charge is 0.455 e. The molecule has 2 heterocycles. The molecule has 0 atom stereocenters. The third-order valence-corrected chi connectivity index (χ3v) is 4.08. The highest BCUT2D eigenvalue weighted by Crippen LogP contribution is 2.33. The van der Waals surface area contributed by atoms with Crippen molar-refractivity contribution in [3.05, 3.63) is 65.1 Å². The summed E-state index contributed by atoms with van der Waals surface area (Å²) in [7, 11) is 0. The minimum atomic E-state index is -0.506. The lowest BCUT2D eigenvalue weighted by atomic mass is 10.1. The summed E-state index contributed by atoms with van der Waals surface area (Å²) in [4.78, 5) is 12.2. The summed E-state index contributed by atoms with van der Waals surface area (Å²) in [6.45, 7) is 1.90. The highest BCUT2D eigenvalue weighted by atomic mass is 19.1. The first-order valence-electron chi connectivity index (χ1n) is 7.89. The van der Waals surface area contributed by atoms with E-state index in [1.807, 2.05) is 0 Å². The van der Waals surface area contributed by atoms with E-state index in [1.54, 1.807) is 37.3 Å². The number of hydrogen-bond acceptors (Lipinski definition) is 6. The van der Waals surface area contributed by atoms with Gasteiger partial charge in [0.25, 0.3) is 0 Å². The van der Waals surface area contributed by atoms with Crippen LogP contribution in [0.5, 0.6) is 11.5 Å². The monoisotopic (exact) mass is 355 g/mol. The summed E-state index contributed by atoms with van der Waals surface area (Å²) in [6.07, 6.45) is 0. The van der Waals surface area contributed by atoms with Gasteiger partial charge < -0.3 is 18.7 Å². The third kappa shape index (κ3) is 2.99. The molecule has 3 aromatic rings. The Morgan fingerprint density at radius 1 is 1.15 bits per heavy atom. The van der Waals surface area contributed by atoms with E-state index in [-0.39, 0.29) is 19.2 Å². The number of esters is 1. The zero-order valence-corrected chi connectivity index (χ0v) is 13.8. The number of aromatic nitrogens is 1. The molecular weight excluding hydrogens is 341 g/mol. The Morgan fingerprint density at radius 3 is 2.73 bits per heavy atom. The van der Waals surface area contributed by atoms with Crippen LogP contribution in [-0.4, -0.2) is 17.9 Å². The molecule has 0 unspecified atom stereocenters. The van der Waals surface area contributed by atoms with E-state index in [0.717, 1.165) is 5.56 Å². The topological polar surface area (TPSA) is 70.8 Å². The van der Waals surface area contributed by atoms with Crippen molar-refractivity contribution in [3.8, 4) is 22.8 Å².